The number of hydrogen-bond acceptors (Lipinski definition) is 6. The number of para-hydroxylation sites is 1. The van der Waals surface area contributed by atoms with Crippen molar-refractivity contribution in [1.29, 1.82) is 0 Å². The van der Waals surface area contributed by atoms with Gasteiger partial charge in [-0.3, -0.25) is 4.72 Å². The van der Waals surface area contributed by atoms with Crippen molar-refractivity contribution < 1.29 is 8.42 Å². The Labute approximate surface area is 151 Å². The van der Waals surface area contributed by atoms with Gasteiger partial charge in [0.1, 0.15) is 5.82 Å². The number of nitrogens with one attached hydrogen (secondary N) is 1. The molecule has 0 saturated carbocycles. The van der Waals surface area contributed by atoms with Crippen LogP contribution in [0.5, 0.6) is 0 Å². The lowest BCUT2D eigenvalue weighted by Crippen LogP contribution is -2.50. The molecule has 4 rings (SSSR count). The van der Waals surface area contributed by atoms with E-state index in [2.05, 4.69) is 19.7 Å². The van der Waals surface area contributed by atoms with E-state index in [0.717, 1.165) is 10.9 Å². The molecule has 0 bridgehead atoms. The maximum absolute atomic E-state index is 12.7. The lowest BCUT2D eigenvalue weighted by Gasteiger charge is -2.33. The minimum atomic E-state index is -3.66. The zero-order valence-corrected chi connectivity index (χ0v) is 14.8. The topological polar surface area (TPSA) is 91.3 Å². The summed E-state index contributed by atoms with van der Waals surface area (Å²) in [5, 5.41) is 0.965. The first-order valence-electron chi connectivity index (χ1n) is 8.27. The van der Waals surface area contributed by atoms with Crippen LogP contribution in [0.2, 0.25) is 0 Å². The van der Waals surface area contributed by atoms with Crippen molar-refractivity contribution in [3.05, 3.63) is 54.9 Å². The standard InChI is InChI=1S/C17H18N6O2S/c24-26(25,21-16-7-6-14-4-1-2-5-15(14)20-16)23-12-10-22(11-13-23)17-18-8-3-9-19-17/h1-9H,10-13H2,(H,20,21). The summed E-state index contributed by atoms with van der Waals surface area (Å²) in [5.74, 6) is 0.936. The lowest BCUT2D eigenvalue weighted by atomic mass is 10.2. The van der Waals surface area contributed by atoms with Crippen molar-refractivity contribution in [2.75, 3.05) is 35.8 Å². The van der Waals surface area contributed by atoms with Crippen LogP contribution in [0.3, 0.4) is 0 Å². The Morgan fingerprint density at radius 1 is 0.885 bits per heavy atom. The summed E-state index contributed by atoms with van der Waals surface area (Å²) >= 11 is 0. The second-order valence-corrected chi connectivity index (χ2v) is 7.60. The molecule has 1 saturated heterocycles. The number of rotatable bonds is 4. The highest BCUT2D eigenvalue weighted by Gasteiger charge is 2.28. The number of aromatic nitrogens is 3. The van der Waals surface area contributed by atoms with Crippen molar-refractivity contribution in [2.24, 2.45) is 0 Å². The summed E-state index contributed by atoms with van der Waals surface area (Å²) in [6.45, 7) is 1.80. The molecular weight excluding hydrogens is 352 g/mol. The SMILES string of the molecule is O=S(=O)(Nc1ccc2ccccc2n1)N1CCN(c2ncccn2)CC1. The van der Waals surface area contributed by atoms with E-state index in [1.165, 1.54) is 4.31 Å². The van der Waals surface area contributed by atoms with Crippen LogP contribution >= 0.6 is 0 Å². The lowest BCUT2D eigenvalue weighted by molar-refractivity contribution is 0.385. The molecule has 2 aromatic heterocycles. The fraction of sp³-hybridized carbons (Fsp3) is 0.235. The van der Waals surface area contributed by atoms with Crippen LogP contribution in [0, 0.1) is 0 Å². The smallest absolute Gasteiger partial charge is 0.302 e. The van der Waals surface area contributed by atoms with Crippen molar-refractivity contribution in [3.63, 3.8) is 0 Å². The van der Waals surface area contributed by atoms with Gasteiger partial charge >= 0.3 is 10.2 Å². The number of nitrogens with zero attached hydrogens (tertiary/aromatic N) is 5. The average Bonchev–Trinajstić information content (AvgIpc) is 2.68. The summed E-state index contributed by atoms with van der Waals surface area (Å²) in [6.07, 6.45) is 3.36. The molecule has 0 atom stereocenters. The second kappa shape index (κ2) is 6.85. The first-order valence-corrected chi connectivity index (χ1v) is 9.71. The Bertz CT molecular complexity index is 1000. The summed E-state index contributed by atoms with van der Waals surface area (Å²) in [6, 6.07) is 12.9. The van der Waals surface area contributed by atoms with Gasteiger partial charge in [-0.1, -0.05) is 18.2 Å². The predicted molar refractivity (Wildman–Crippen MR) is 100 cm³/mol. The van der Waals surface area contributed by atoms with E-state index >= 15 is 0 Å². The molecule has 1 aliphatic rings. The summed E-state index contributed by atoms with van der Waals surface area (Å²) < 4.78 is 29.3. The third kappa shape index (κ3) is 3.44. The number of fused-ring (bicyclic) bond motifs is 1. The predicted octanol–water partition coefficient (Wildman–Crippen LogP) is 1.50. The Kier molecular flexibility index (Phi) is 4.39. The number of anilines is 2. The molecule has 0 spiro atoms. The van der Waals surface area contributed by atoms with Gasteiger partial charge in [0.15, 0.2) is 0 Å². The van der Waals surface area contributed by atoms with E-state index in [-0.39, 0.29) is 0 Å². The van der Waals surface area contributed by atoms with Gasteiger partial charge in [0.2, 0.25) is 5.95 Å². The van der Waals surface area contributed by atoms with Crippen molar-refractivity contribution in [1.82, 2.24) is 19.3 Å². The van der Waals surface area contributed by atoms with E-state index in [1.807, 2.05) is 35.2 Å². The largest absolute Gasteiger partial charge is 0.338 e. The van der Waals surface area contributed by atoms with E-state index in [1.54, 1.807) is 24.5 Å². The Morgan fingerprint density at radius 3 is 2.38 bits per heavy atom. The molecule has 0 radical (unpaired) electrons. The number of benzene rings is 1. The van der Waals surface area contributed by atoms with Crippen LogP contribution < -0.4 is 9.62 Å². The molecule has 1 aliphatic heterocycles. The molecule has 134 valence electrons. The first-order chi connectivity index (χ1) is 12.6. The third-order valence-electron chi connectivity index (χ3n) is 4.25. The average molecular weight is 370 g/mol. The highest BCUT2D eigenvalue weighted by molar-refractivity contribution is 7.90. The zero-order valence-electron chi connectivity index (χ0n) is 14.0. The van der Waals surface area contributed by atoms with Gasteiger partial charge < -0.3 is 4.90 Å². The van der Waals surface area contributed by atoms with E-state index in [9.17, 15) is 8.42 Å². The molecule has 1 fully saturated rings. The van der Waals surface area contributed by atoms with Gasteiger partial charge in [0.05, 0.1) is 5.52 Å². The summed E-state index contributed by atoms with van der Waals surface area (Å²) in [4.78, 5) is 14.8. The van der Waals surface area contributed by atoms with E-state index in [0.29, 0.717) is 37.9 Å². The van der Waals surface area contributed by atoms with E-state index in [4.69, 9.17) is 0 Å². The first kappa shape index (κ1) is 16.7. The fourth-order valence-electron chi connectivity index (χ4n) is 2.90. The Hall–Kier alpha value is -2.78. The van der Waals surface area contributed by atoms with Crippen molar-refractivity contribution in [3.8, 4) is 0 Å². The van der Waals surface area contributed by atoms with Crippen LogP contribution in [-0.4, -0.2) is 53.9 Å². The maximum Gasteiger partial charge on any atom is 0.302 e. The number of piperazine rings is 1. The molecule has 0 amide bonds. The van der Waals surface area contributed by atoms with Gasteiger partial charge in [-0.25, -0.2) is 15.0 Å². The minimum absolute atomic E-state index is 0.317. The number of pyridine rings is 1. The van der Waals surface area contributed by atoms with Gasteiger partial charge in [-0.15, -0.1) is 0 Å². The summed E-state index contributed by atoms with van der Waals surface area (Å²) in [7, 11) is -3.66. The number of hydrogen-bond donors (Lipinski definition) is 1. The second-order valence-electron chi connectivity index (χ2n) is 5.93. The monoisotopic (exact) mass is 370 g/mol. The third-order valence-corrected chi connectivity index (χ3v) is 5.76. The zero-order chi connectivity index (χ0) is 18.0. The fourth-order valence-corrected chi connectivity index (χ4v) is 4.05. The molecule has 0 unspecified atom stereocenters. The van der Waals surface area contributed by atoms with Gasteiger partial charge in [-0.05, 0) is 24.3 Å². The highest BCUT2D eigenvalue weighted by atomic mass is 32.2. The molecule has 1 aromatic carbocycles. The van der Waals surface area contributed by atoms with Crippen LogP contribution in [-0.2, 0) is 10.2 Å². The molecule has 1 N–H and O–H groups in total. The highest BCUT2D eigenvalue weighted by Crippen LogP contribution is 2.18. The Morgan fingerprint density at radius 2 is 1.62 bits per heavy atom. The summed E-state index contributed by atoms with van der Waals surface area (Å²) in [5.41, 5.74) is 0.749. The van der Waals surface area contributed by atoms with Gasteiger partial charge in [-0.2, -0.15) is 12.7 Å². The Balaban J connectivity index is 1.45. The minimum Gasteiger partial charge on any atom is -0.338 e. The molecule has 26 heavy (non-hydrogen) atoms. The van der Waals surface area contributed by atoms with Crippen LogP contribution in [0.1, 0.15) is 0 Å². The van der Waals surface area contributed by atoms with Crippen molar-refractivity contribution in [2.45, 2.75) is 0 Å². The van der Waals surface area contributed by atoms with Gasteiger partial charge in [0, 0.05) is 44.0 Å². The van der Waals surface area contributed by atoms with E-state index < -0.39 is 10.2 Å². The van der Waals surface area contributed by atoms with Crippen LogP contribution in [0.4, 0.5) is 11.8 Å². The molecule has 0 aliphatic carbocycles. The quantitative estimate of drug-likeness (QED) is 0.748. The molecule has 3 aromatic rings. The maximum atomic E-state index is 12.7. The van der Waals surface area contributed by atoms with Crippen LogP contribution in [0.15, 0.2) is 54.9 Å². The molecule has 8 nitrogen and oxygen atoms in total. The normalized spacial score (nSPS) is 15.9. The molecule has 9 heteroatoms. The molecular formula is C17H18N6O2S. The molecule has 3 heterocycles. The van der Waals surface area contributed by atoms with Crippen molar-refractivity contribution >= 4 is 32.9 Å². The van der Waals surface area contributed by atoms with Gasteiger partial charge in [0.25, 0.3) is 0 Å². The van der Waals surface area contributed by atoms with Crippen LogP contribution in [0.25, 0.3) is 10.9 Å².